The van der Waals surface area contributed by atoms with Crippen LogP contribution in [0.1, 0.15) is 43.1 Å². The molecular weight excluding hydrogens is 446 g/mol. The largest absolute Gasteiger partial charge is 0.322 e. The molecule has 4 aromatic rings. The standard InChI is InChI=1S/C26H27N5O2S/c1-17-24(18(2)31(29-17)20-12-4-3-5-13-20)28-23(32)16-34-26-27-22-15-9-8-14-21(22)25(33)30(26)19-10-6-7-11-19/h3-5,8-9,12-15,19H,6-7,10-11,16H2,1-2H3,(H,28,32). The van der Waals surface area contributed by atoms with Gasteiger partial charge in [0.25, 0.3) is 5.56 Å². The Bertz CT molecular complexity index is 1400. The average molecular weight is 474 g/mol. The zero-order chi connectivity index (χ0) is 23.7. The third-order valence-electron chi connectivity index (χ3n) is 6.35. The van der Waals surface area contributed by atoms with Gasteiger partial charge in [0.05, 0.1) is 39.4 Å². The van der Waals surface area contributed by atoms with E-state index in [0.717, 1.165) is 42.8 Å². The van der Waals surface area contributed by atoms with Crippen LogP contribution in [0.15, 0.2) is 64.5 Å². The Morgan fingerprint density at radius 2 is 1.76 bits per heavy atom. The lowest BCUT2D eigenvalue weighted by Gasteiger charge is -2.18. The zero-order valence-corrected chi connectivity index (χ0v) is 20.1. The fourth-order valence-corrected chi connectivity index (χ4v) is 5.53. The quantitative estimate of drug-likeness (QED) is 0.313. The molecule has 0 bridgehead atoms. The van der Waals surface area contributed by atoms with Crippen LogP contribution in [0.4, 0.5) is 5.69 Å². The summed E-state index contributed by atoms with van der Waals surface area (Å²) in [6.07, 6.45) is 4.16. The number of carbonyl (C=O) groups excluding carboxylic acids is 1. The number of hydrogen-bond donors (Lipinski definition) is 1. The number of para-hydroxylation sites is 2. The Kier molecular flexibility index (Phi) is 6.24. The Hall–Kier alpha value is -3.39. The van der Waals surface area contributed by atoms with Crippen LogP contribution in [0.2, 0.25) is 0 Å². The van der Waals surface area contributed by atoms with Crippen molar-refractivity contribution in [2.24, 2.45) is 0 Å². The highest BCUT2D eigenvalue weighted by molar-refractivity contribution is 7.99. The number of rotatable bonds is 6. The highest BCUT2D eigenvalue weighted by atomic mass is 32.2. The number of aromatic nitrogens is 4. The van der Waals surface area contributed by atoms with Gasteiger partial charge in [0.1, 0.15) is 0 Å². The minimum Gasteiger partial charge on any atom is -0.322 e. The molecule has 1 amide bonds. The number of nitrogens with zero attached hydrogens (tertiary/aromatic N) is 4. The molecule has 174 valence electrons. The van der Waals surface area contributed by atoms with E-state index in [1.165, 1.54) is 11.8 Å². The van der Waals surface area contributed by atoms with Crippen LogP contribution >= 0.6 is 11.8 Å². The summed E-state index contributed by atoms with van der Waals surface area (Å²) in [7, 11) is 0. The van der Waals surface area contributed by atoms with E-state index in [2.05, 4.69) is 10.4 Å². The predicted molar refractivity (Wildman–Crippen MR) is 136 cm³/mol. The fourth-order valence-electron chi connectivity index (χ4n) is 4.66. The molecule has 7 nitrogen and oxygen atoms in total. The van der Waals surface area contributed by atoms with Crippen molar-refractivity contribution in [3.8, 4) is 5.69 Å². The van der Waals surface area contributed by atoms with Crippen molar-refractivity contribution in [2.45, 2.75) is 50.7 Å². The van der Waals surface area contributed by atoms with Gasteiger partial charge in [-0.15, -0.1) is 0 Å². The van der Waals surface area contributed by atoms with Gasteiger partial charge < -0.3 is 5.32 Å². The molecule has 34 heavy (non-hydrogen) atoms. The summed E-state index contributed by atoms with van der Waals surface area (Å²) in [6.45, 7) is 3.83. The van der Waals surface area contributed by atoms with Crippen LogP contribution in [-0.2, 0) is 4.79 Å². The second kappa shape index (κ2) is 9.46. The number of amides is 1. The summed E-state index contributed by atoms with van der Waals surface area (Å²) in [6, 6.07) is 17.4. The van der Waals surface area contributed by atoms with E-state index in [-0.39, 0.29) is 23.3 Å². The molecule has 0 saturated heterocycles. The maximum absolute atomic E-state index is 13.3. The molecule has 2 aromatic heterocycles. The van der Waals surface area contributed by atoms with Crippen molar-refractivity contribution in [3.63, 3.8) is 0 Å². The van der Waals surface area contributed by atoms with E-state index in [1.807, 2.05) is 77.7 Å². The van der Waals surface area contributed by atoms with Gasteiger partial charge in [-0.1, -0.05) is 54.9 Å². The number of carbonyl (C=O) groups is 1. The number of benzene rings is 2. The monoisotopic (exact) mass is 473 g/mol. The van der Waals surface area contributed by atoms with E-state index in [4.69, 9.17) is 4.98 Å². The Morgan fingerprint density at radius 1 is 1.06 bits per heavy atom. The normalized spacial score (nSPS) is 14.1. The van der Waals surface area contributed by atoms with Crippen LogP contribution in [0.25, 0.3) is 16.6 Å². The molecule has 0 atom stereocenters. The molecule has 1 fully saturated rings. The van der Waals surface area contributed by atoms with Gasteiger partial charge in [0, 0.05) is 6.04 Å². The predicted octanol–water partition coefficient (Wildman–Crippen LogP) is 5.04. The van der Waals surface area contributed by atoms with E-state index in [1.54, 1.807) is 0 Å². The van der Waals surface area contributed by atoms with Crippen LogP contribution in [0, 0.1) is 13.8 Å². The van der Waals surface area contributed by atoms with Gasteiger partial charge in [-0.25, -0.2) is 9.67 Å². The summed E-state index contributed by atoms with van der Waals surface area (Å²) < 4.78 is 3.65. The fraction of sp³-hybridized carbons (Fsp3) is 0.308. The number of thioether (sulfide) groups is 1. The first kappa shape index (κ1) is 22.4. The number of aryl methyl sites for hydroxylation is 1. The SMILES string of the molecule is Cc1nn(-c2ccccc2)c(C)c1NC(=O)CSc1nc2ccccc2c(=O)n1C1CCCC1. The van der Waals surface area contributed by atoms with Gasteiger partial charge >= 0.3 is 0 Å². The van der Waals surface area contributed by atoms with Crippen LogP contribution in [-0.4, -0.2) is 31.0 Å². The lowest BCUT2D eigenvalue weighted by atomic mass is 10.2. The highest BCUT2D eigenvalue weighted by Gasteiger charge is 2.24. The summed E-state index contributed by atoms with van der Waals surface area (Å²) in [5.41, 5.74) is 3.94. The summed E-state index contributed by atoms with van der Waals surface area (Å²) in [5.74, 6) is 0.0107. The maximum Gasteiger partial charge on any atom is 0.262 e. The zero-order valence-electron chi connectivity index (χ0n) is 19.3. The maximum atomic E-state index is 13.3. The van der Waals surface area contributed by atoms with Crippen molar-refractivity contribution in [3.05, 3.63) is 76.3 Å². The Labute approximate surface area is 202 Å². The molecule has 2 aromatic carbocycles. The molecular formula is C26H27N5O2S. The third kappa shape index (κ3) is 4.25. The average Bonchev–Trinajstić information content (AvgIpc) is 3.48. The van der Waals surface area contributed by atoms with E-state index in [9.17, 15) is 9.59 Å². The van der Waals surface area contributed by atoms with Gasteiger partial charge in [-0.3, -0.25) is 14.2 Å². The van der Waals surface area contributed by atoms with Gasteiger partial charge in [0.15, 0.2) is 5.16 Å². The molecule has 1 saturated carbocycles. The van der Waals surface area contributed by atoms with Crippen molar-refractivity contribution in [1.82, 2.24) is 19.3 Å². The first-order valence-electron chi connectivity index (χ1n) is 11.6. The van der Waals surface area contributed by atoms with Crippen LogP contribution in [0.3, 0.4) is 0 Å². The molecule has 0 aliphatic heterocycles. The van der Waals surface area contributed by atoms with Crippen molar-refractivity contribution >= 4 is 34.3 Å². The minimum absolute atomic E-state index is 0.0174. The molecule has 0 spiro atoms. The molecule has 2 heterocycles. The van der Waals surface area contributed by atoms with Crippen LogP contribution < -0.4 is 10.9 Å². The summed E-state index contributed by atoms with van der Waals surface area (Å²) >= 11 is 1.32. The number of nitrogens with one attached hydrogen (secondary N) is 1. The third-order valence-corrected chi connectivity index (χ3v) is 7.31. The topological polar surface area (TPSA) is 81.8 Å². The van der Waals surface area contributed by atoms with Gasteiger partial charge in [-0.2, -0.15) is 5.10 Å². The number of fused-ring (bicyclic) bond motifs is 1. The lowest BCUT2D eigenvalue weighted by molar-refractivity contribution is -0.113. The van der Waals surface area contributed by atoms with E-state index < -0.39 is 0 Å². The minimum atomic E-state index is -0.149. The first-order chi connectivity index (χ1) is 16.5. The molecule has 5 rings (SSSR count). The smallest absolute Gasteiger partial charge is 0.262 e. The molecule has 0 radical (unpaired) electrons. The molecule has 1 N–H and O–H groups in total. The van der Waals surface area contributed by atoms with Crippen molar-refractivity contribution < 1.29 is 4.79 Å². The highest BCUT2D eigenvalue weighted by Crippen LogP contribution is 2.32. The lowest BCUT2D eigenvalue weighted by Crippen LogP contribution is -2.27. The second-order valence-corrected chi connectivity index (χ2v) is 9.60. The van der Waals surface area contributed by atoms with Crippen molar-refractivity contribution in [1.29, 1.82) is 0 Å². The first-order valence-corrected chi connectivity index (χ1v) is 12.6. The Morgan fingerprint density at radius 3 is 2.53 bits per heavy atom. The number of anilines is 1. The van der Waals surface area contributed by atoms with E-state index >= 15 is 0 Å². The Balaban J connectivity index is 1.38. The summed E-state index contributed by atoms with van der Waals surface area (Å²) in [5, 5.41) is 8.86. The van der Waals surface area contributed by atoms with Gasteiger partial charge in [0.2, 0.25) is 5.91 Å². The molecule has 0 unspecified atom stereocenters. The second-order valence-electron chi connectivity index (χ2n) is 8.65. The molecule has 8 heteroatoms. The molecule has 1 aliphatic carbocycles. The number of hydrogen-bond acceptors (Lipinski definition) is 5. The van der Waals surface area contributed by atoms with Gasteiger partial charge in [-0.05, 0) is 51.0 Å². The van der Waals surface area contributed by atoms with E-state index in [0.29, 0.717) is 21.7 Å². The summed E-state index contributed by atoms with van der Waals surface area (Å²) in [4.78, 5) is 31.0. The van der Waals surface area contributed by atoms with Crippen molar-refractivity contribution in [2.75, 3.05) is 11.1 Å². The molecule has 1 aliphatic rings. The van der Waals surface area contributed by atoms with Crippen LogP contribution in [0.5, 0.6) is 0 Å².